The molecule has 3 N–H and O–H groups in total. The van der Waals surface area contributed by atoms with Crippen LogP contribution in [0, 0.1) is 0 Å². The summed E-state index contributed by atoms with van der Waals surface area (Å²) in [5, 5.41) is 29.8. The molecule has 0 aliphatic carbocycles. The molecule has 0 spiro atoms. The Morgan fingerprint density at radius 1 is 1.46 bits per heavy atom. The average molecular weight is 191 g/mol. The summed E-state index contributed by atoms with van der Waals surface area (Å²) >= 11 is 0. The minimum Gasteiger partial charge on any atom is -0.394 e. The number of rotatable bonds is 6. The number of methoxy groups -OCH3 is 1. The Hall–Kier alpha value is -0.850. The zero-order chi connectivity index (χ0) is 10.3. The van der Waals surface area contributed by atoms with Crippen LogP contribution in [-0.2, 0) is 4.74 Å². The van der Waals surface area contributed by atoms with Gasteiger partial charge in [-0.2, -0.15) is 0 Å². The molecule has 1 unspecified atom stereocenters. The molecule has 0 radical (unpaired) electrons. The Morgan fingerprint density at radius 3 is 2.38 bits per heavy atom. The first-order chi connectivity index (χ1) is 6.21. The van der Waals surface area contributed by atoms with Crippen molar-refractivity contribution in [2.24, 2.45) is 5.11 Å². The third-order valence-electron chi connectivity index (χ3n) is 1.63. The van der Waals surface area contributed by atoms with Gasteiger partial charge in [-0.05, 0) is 5.53 Å². The number of ether oxygens (including phenoxy) is 1. The van der Waals surface area contributed by atoms with Gasteiger partial charge in [0.05, 0.1) is 31.5 Å². The highest BCUT2D eigenvalue weighted by atomic mass is 16.5. The lowest BCUT2D eigenvalue weighted by Crippen LogP contribution is -2.41. The lowest BCUT2D eigenvalue weighted by Gasteiger charge is -2.23. The molecule has 7 nitrogen and oxygen atoms in total. The van der Waals surface area contributed by atoms with E-state index in [4.69, 9.17) is 20.5 Å². The molecular weight excluding hydrogens is 178 g/mol. The minimum atomic E-state index is -1.23. The molecule has 0 saturated carbocycles. The highest BCUT2D eigenvalue weighted by molar-refractivity contribution is 4.83. The number of azide groups is 1. The first-order valence-corrected chi connectivity index (χ1v) is 3.68. The van der Waals surface area contributed by atoms with Crippen LogP contribution >= 0.6 is 0 Å². The molecule has 0 amide bonds. The first-order valence-electron chi connectivity index (χ1n) is 3.68. The highest BCUT2D eigenvalue weighted by Crippen LogP contribution is 2.08. The van der Waals surface area contributed by atoms with Crippen molar-refractivity contribution in [3.8, 4) is 0 Å². The average Bonchev–Trinajstić information content (AvgIpc) is 2.17. The third kappa shape index (κ3) is 3.58. The summed E-state index contributed by atoms with van der Waals surface area (Å²) in [5.74, 6) is 0. The summed E-state index contributed by atoms with van der Waals surface area (Å²) in [5.41, 5.74) is 8.15. The van der Waals surface area contributed by atoms with E-state index in [0.717, 1.165) is 0 Å². The van der Waals surface area contributed by atoms with Gasteiger partial charge in [0, 0.05) is 12.0 Å². The zero-order valence-corrected chi connectivity index (χ0v) is 7.24. The van der Waals surface area contributed by atoms with Crippen LogP contribution in [0.2, 0.25) is 0 Å². The van der Waals surface area contributed by atoms with Gasteiger partial charge in [-0.25, -0.2) is 0 Å². The second-order valence-electron chi connectivity index (χ2n) is 2.40. The number of nitrogens with zero attached hydrogens (tertiary/aromatic N) is 3. The van der Waals surface area contributed by atoms with Crippen LogP contribution < -0.4 is 0 Å². The van der Waals surface area contributed by atoms with Crippen molar-refractivity contribution < 1.29 is 20.1 Å². The normalized spacial score (nSPS) is 17.2. The Bertz CT molecular complexity index is 179. The Balaban J connectivity index is 4.46. The maximum absolute atomic E-state index is 9.18. The fourth-order valence-electron chi connectivity index (χ4n) is 0.889. The van der Waals surface area contributed by atoms with E-state index in [1.54, 1.807) is 0 Å². The van der Waals surface area contributed by atoms with Crippen LogP contribution in [0.1, 0.15) is 0 Å². The Morgan fingerprint density at radius 2 is 2.08 bits per heavy atom. The molecule has 3 atom stereocenters. The predicted molar refractivity (Wildman–Crippen MR) is 43.9 cm³/mol. The predicted octanol–water partition coefficient (Wildman–Crippen LogP) is -0.974. The van der Waals surface area contributed by atoms with Crippen LogP contribution in [0.4, 0.5) is 0 Å². The first kappa shape index (κ1) is 12.2. The quantitative estimate of drug-likeness (QED) is 0.284. The fraction of sp³-hybridized carbons (Fsp3) is 1.00. The van der Waals surface area contributed by atoms with Crippen LogP contribution in [0.25, 0.3) is 10.4 Å². The van der Waals surface area contributed by atoms with Crippen molar-refractivity contribution in [2.75, 3.05) is 20.3 Å². The number of hydrogen-bond donors (Lipinski definition) is 3. The second-order valence-corrected chi connectivity index (χ2v) is 2.40. The highest BCUT2D eigenvalue weighted by Gasteiger charge is 2.26. The van der Waals surface area contributed by atoms with Gasteiger partial charge in [-0.1, -0.05) is 5.11 Å². The fourth-order valence-corrected chi connectivity index (χ4v) is 0.889. The van der Waals surface area contributed by atoms with Gasteiger partial charge < -0.3 is 20.1 Å². The third-order valence-corrected chi connectivity index (χ3v) is 1.63. The van der Waals surface area contributed by atoms with Gasteiger partial charge in [0.25, 0.3) is 0 Å². The number of aliphatic hydroxyl groups excluding tert-OH is 3. The zero-order valence-electron chi connectivity index (χ0n) is 7.24. The van der Waals surface area contributed by atoms with E-state index in [1.807, 2.05) is 0 Å². The molecule has 0 aromatic heterocycles. The molecule has 0 aliphatic rings. The van der Waals surface area contributed by atoms with Gasteiger partial charge in [-0.15, -0.1) is 0 Å². The standard InChI is InChI=1S/C6H13N3O4/c1-13-5(3-11)6(8-9-7)4(12)2-10/h4-6,10-12H,2-3H2,1H3/t4-,5?,6+/m1/s1. The molecule has 0 fully saturated rings. The molecule has 0 aliphatic heterocycles. The monoisotopic (exact) mass is 191 g/mol. The Labute approximate surface area is 75.2 Å². The van der Waals surface area contributed by atoms with Crippen molar-refractivity contribution >= 4 is 0 Å². The van der Waals surface area contributed by atoms with Gasteiger partial charge in [0.2, 0.25) is 0 Å². The van der Waals surface area contributed by atoms with E-state index in [2.05, 4.69) is 10.0 Å². The van der Waals surface area contributed by atoms with E-state index < -0.39 is 31.5 Å². The van der Waals surface area contributed by atoms with Crippen molar-refractivity contribution in [2.45, 2.75) is 18.2 Å². The summed E-state index contributed by atoms with van der Waals surface area (Å²) in [6.45, 7) is -0.944. The van der Waals surface area contributed by atoms with Crippen molar-refractivity contribution in [3.05, 3.63) is 10.4 Å². The maximum atomic E-state index is 9.18. The van der Waals surface area contributed by atoms with E-state index >= 15 is 0 Å². The van der Waals surface area contributed by atoms with E-state index in [1.165, 1.54) is 7.11 Å². The lowest BCUT2D eigenvalue weighted by molar-refractivity contribution is -0.0226. The lowest BCUT2D eigenvalue weighted by atomic mass is 10.1. The maximum Gasteiger partial charge on any atom is 0.0940 e. The van der Waals surface area contributed by atoms with Gasteiger partial charge in [-0.3, -0.25) is 0 Å². The van der Waals surface area contributed by atoms with Crippen LogP contribution in [-0.4, -0.2) is 53.9 Å². The van der Waals surface area contributed by atoms with Crippen LogP contribution in [0.5, 0.6) is 0 Å². The van der Waals surface area contributed by atoms with Gasteiger partial charge in [0.1, 0.15) is 0 Å². The van der Waals surface area contributed by atoms with Crippen molar-refractivity contribution in [3.63, 3.8) is 0 Å². The molecule has 0 heterocycles. The molecule has 0 aromatic carbocycles. The number of hydrogen-bond acceptors (Lipinski definition) is 5. The Kier molecular flexibility index (Phi) is 6.21. The van der Waals surface area contributed by atoms with Gasteiger partial charge in [0.15, 0.2) is 0 Å². The molecule has 0 bridgehead atoms. The summed E-state index contributed by atoms with van der Waals surface area (Å²) < 4.78 is 4.75. The van der Waals surface area contributed by atoms with Crippen molar-refractivity contribution in [1.29, 1.82) is 0 Å². The molecule has 0 rings (SSSR count). The SMILES string of the molecule is COC(CO)[C@@H](N=[N+]=[N-])[C@H](O)CO. The largest absolute Gasteiger partial charge is 0.394 e. The molecular formula is C6H13N3O4. The summed E-state index contributed by atoms with van der Waals surface area (Å²) in [6.07, 6.45) is -2.04. The van der Waals surface area contributed by atoms with E-state index in [9.17, 15) is 5.11 Å². The van der Waals surface area contributed by atoms with Crippen molar-refractivity contribution in [1.82, 2.24) is 0 Å². The topological polar surface area (TPSA) is 119 Å². The summed E-state index contributed by atoms with van der Waals surface area (Å²) in [4.78, 5) is 2.48. The molecule has 0 saturated heterocycles. The summed E-state index contributed by atoms with van der Waals surface area (Å²) in [7, 11) is 1.31. The van der Waals surface area contributed by atoms with E-state index in [0.29, 0.717) is 0 Å². The number of aliphatic hydroxyl groups is 3. The minimum absolute atomic E-state index is 0.392. The smallest absolute Gasteiger partial charge is 0.0940 e. The van der Waals surface area contributed by atoms with Crippen LogP contribution in [0.3, 0.4) is 0 Å². The summed E-state index contributed by atoms with van der Waals surface area (Å²) in [6, 6.07) is -0.981. The molecule has 7 heteroatoms. The van der Waals surface area contributed by atoms with Gasteiger partial charge >= 0.3 is 0 Å². The van der Waals surface area contributed by atoms with E-state index in [-0.39, 0.29) is 0 Å². The molecule has 76 valence electrons. The second kappa shape index (κ2) is 6.64. The molecule has 13 heavy (non-hydrogen) atoms. The molecule has 0 aromatic rings. The van der Waals surface area contributed by atoms with Crippen LogP contribution in [0.15, 0.2) is 5.11 Å².